The first-order valence-corrected chi connectivity index (χ1v) is 13.4. The number of ketones is 3. The van der Waals surface area contributed by atoms with E-state index in [0.29, 0.717) is 29.0 Å². The van der Waals surface area contributed by atoms with Gasteiger partial charge in [0.15, 0.2) is 22.9 Å². The first kappa shape index (κ1) is 20.8. The highest BCUT2D eigenvalue weighted by Gasteiger charge is 2.81. The zero-order valence-electron chi connectivity index (χ0n) is 18.2. The molecule has 0 radical (unpaired) electrons. The maximum absolute atomic E-state index is 14.6. The molecule has 3 aromatic rings. The van der Waals surface area contributed by atoms with E-state index < -0.39 is 11.0 Å². The molecule has 4 aliphatic rings. The monoisotopic (exact) mass is 529 g/mol. The van der Waals surface area contributed by atoms with Crippen molar-refractivity contribution in [2.24, 2.45) is 5.41 Å². The average Bonchev–Trinajstić information content (AvgIpc) is 3.55. The molecule has 168 valence electrons. The molecule has 2 heterocycles. The van der Waals surface area contributed by atoms with E-state index in [1.165, 1.54) is 0 Å². The summed E-state index contributed by atoms with van der Waals surface area (Å²) in [4.78, 5) is 45.5. The van der Waals surface area contributed by atoms with Gasteiger partial charge in [0.05, 0.1) is 5.41 Å². The molecule has 2 spiro atoms. The highest BCUT2D eigenvalue weighted by Crippen LogP contribution is 2.67. The number of hydrogen-bond donors (Lipinski definition) is 0. The third kappa shape index (κ3) is 2.23. The maximum atomic E-state index is 14.6. The molecular weight excluding hydrogens is 510 g/mol. The molecule has 0 bridgehead atoms. The van der Waals surface area contributed by atoms with Gasteiger partial charge in [-0.15, -0.1) is 11.8 Å². The normalized spacial score (nSPS) is 28.7. The summed E-state index contributed by atoms with van der Waals surface area (Å²) in [7, 11) is 0. The van der Waals surface area contributed by atoms with Crippen LogP contribution in [-0.2, 0) is 6.42 Å². The Balaban J connectivity index is 1.57. The zero-order valence-corrected chi connectivity index (χ0v) is 20.6. The largest absolute Gasteiger partial charge is 0.293 e. The van der Waals surface area contributed by atoms with Crippen LogP contribution in [0.2, 0.25) is 0 Å². The Morgan fingerprint density at radius 1 is 0.794 bits per heavy atom. The zero-order chi connectivity index (χ0) is 23.2. The predicted octanol–water partition coefficient (Wildman–Crippen LogP) is 5.16. The Hall–Kier alpha value is -2.54. The summed E-state index contributed by atoms with van der Waals surface area (Å²) in [5.74, 6) is 0.602. The number of benzene rings is 3. The third-order valence-corrected chi connectivity index (χ3v) is 9.92. The second kappa shape index (κ2) is 7.00. The van der Waals surface area contributed by atoms with Crippen LogP contribution in [0.3, 0.4) is 0 Å². The number of carbonyl (C=O) groups is 3. The highest BCUT2D eigenvalue weighted by molar-refractivity contribution is 9.10. The van der Waals surface area contributed by atoms with E-state index in [0.717, 1.165) is 21.4 Å². The molecule has 3 atom stereocenters. The van der Waals surface area contributed by atoms with E-state index in [4.69, 9.17) is 0 Å². The van der Waals surface area contributed by atoms with Gasteiger partial charge in [-0.1, -0.05) is 76.6 Å². The minimum atomic E-state index is -1.52. The highest BCUT2D eigenvalue weighted by atomic mass is 79.9. The summed E-state index contributed by atoms with van der Waals surface area (Å²) >= 11 is 5.27. The minimum absolute atomic E-state index is 0.0649. The molecule has 2 aliphatic carbocycles. The van der Waals surface area contributed by atoms with E-state index in [1.54, 1.807) is 36.0 Å². The number of fused-ring (bicyclic) bond motifs is 5. The smallest absolute Gasteiger partial charge is 0.192 e. The molecule has 7 rings (SSSR count). The molecule has 2 fully saturated rings. The third-order valence-electron chi connectivity index (χ3n) is 8.35. The van der Waals surface area contributed by atoms with Crippen molar-refractivity contribution < 1.29 is 14.4 Å². The number of carbonyl (C=O) groups excluding carboxylic acids is 3. The molecule has 0 N–H and O–H groups in total. The Morgan fingerprint density at radius 2 is 1.41 bits per heavy atom. The molecular formula is C28H20BrNO3S. The predicted molar refractivity (Wildman–Crippen MR) is 135 cm³/mol. The summed E-state index contributed by atoms with van der Waals surface area (Å²) in [6, 6.07) is 22.7. The molecule has 34 heavy (non-hydrogen) atoms. The van der Waals surface area contributed by atoms with E-state index in [9.17, 15) is 14.4 Å². The number of nitrogens with zero attached hydrogens (tertiary/aromatic N) is 1. The quantitative estimate of drug-likeness (QED) is 0.407. The molecule has 0 unspecified atom stereocenters. The van der Waals surface area contributed by atoms with Crippen LogP contribution in [0.1, 0.15) is 48.1 Å². The Morgan fingerprint density at radius 3 is 2.06 bits per heavy atom. The lowest BCUT2D eigenvalue weighted by Gasteiger charge is -2.43. The van der Waals surface area contributed by atoms with Gasteiger partial charge < -0.3 is 0 Å². The lowest BCUT2D eigenvalue weighted by Crippen LogP contribution is -2.64. The van der Waals surface area contributed by atoms with Crippen molar-refractivity contribution in [1.29, 1.82) is 0 Å². The fourth-order valence-corrected chi connectivity index (χ4v) is 8.73. The molecule has 0 amide bonds. The lowest BCUT2D eigenvalue weighted by atomic mass is 9.58. The molecule has 0 saturated carbocycles. The van der Waals surface area contributed by atoms with Crippen molar-refractivity contribution in [2.45, 2.75) is 23.9 Å². The van der Waals surface area contributed by atoms with Gasteiger partial charge in [0.1, 0.15) is 0 Å². The second-order valence-corrected chi connectivity index (χ2v) is 11.5. The SMILES string of the molecule is O=C1c2ccccc2C(=O)C12N1CSC[C@@H]1[C@@H](c1ccc(Br)cc1)[C@@]21Cc2ccccc2C1=O. The molecule has 2 saturated heterocycles. The number of Topliss-reactive ketones (excluding diaryl/α,β-unsaturated/α-hetero) is 3. The topological polar surface area (TPSA) is 54.5 Å². The number of thioether (sulfide) groups is 1. The minimum Gasteiger partial charge on any atom is -0.293 e. The van der Waals surface area contributed by atoms with Crippen LogP contribution >= 0.6 is 27.7 Å². The van der Waals surface area contributed by atoms with Crippen molar-refractivity contribution in [3.63, 3.8) is 0 Å². The van der Waals surface area contributed by atoms with Gasteiger partial charge in [-0.3, -0.25) is 19.3 Å². The second-order valence-electron chi connectivity index (χ2n) is 9.61. The summed E-state index contributed by atoms with van der Waals surface area (Å²) in [6.07, 6.45) is 0.395. The van der Waals surface area contributed by atoms with Crippen molar-refractivity contribution in [3.05, 3.63) is 105 Å². The summed E-state index contributed by atoms with van der Waals surface area (Å²) in [5.41, 5.74) is 0.789. The van der Waals surface area contributed by atoms with Crippen LogP contribution in [0, 0.1) is 5.41 Å². The van der Waals surface area contributed by atoms with Gasteiger partial charge >= 0.3 is 0 Å². The van der Waals surface area contributed by atoms with Crippen molar-refractivity contribution >= 4 is 45.0 Å². The van der Waals surface area contributed by atoms with Gasteiger partial charge in [-0.2, -0.15) is 0 Å². The van der Waals surface area contributed by atoms with E-state index in [1.807, 2.05) is 48.5 Å². The van der Waals surface area contributed by atoms with Crippen LogP contribution < -0.4 is 0 Å². The van der Waals surface area contributed by atoms with Crippen LogP contribution in [0.15, 0.2) is 77.3 Å². The van der Waals surface area contributed by atoms with Crippen molar-refractivity contribution in [1.82, 2.24) is 4.90 Å². The van der Waals surface area contributed by atoms with Crippen LogP contribution in [0.4, 0.5) is 0 Å². The molecule has 0 aromatic heterocycles. The first-order valence-electron chi connectivity index (χ1n) is 11.4. The molecule has 4 nitrogen and oxygen atoms in total. The average molecular weight is 530 g/mol. The molecule has 2 aliphatic heterocycles. The maximum Gasteiger partial charge on any atom is 0.192 e. The molecule has 6 heteroatoms. The first-order chi connectivity index (χ1) is 16.5. The van der Waals surface area contributed by atoms with Crippen molar-refractivity contribution in [3.8, 4) is 0 Å². The van der Waals surface area contributed by atoms with Crippen LogP contribution in [0.5, 0.6) is 0 Å². The van der Waals surface area contributed by atoms with Gasteiger partial charge in [0, 0.05) is 44.8 Å². The fourth-order valence-electron chi connectivity index (χ4n) is 7.16. The number of hydrogen-bond acceptors (Lipinski definition) is 5. The summed E-state index contributed by atoms with van der Waals surface area (Å²) in [5, 5.41) is 0. The van der Waals surface area contributed by atoms with Gasteiger partial charge in [-0.05, 0) is 29.7 Å². The van der Waals surface area contributed by atoms with Gasteiger partial charge in [0.25, 0.3) is 0 Å². The molecule has 3 aromatic carbocycles. The van der Waals surface area contributed by atoms with Gasteiger partial charge in [-0.25, -0.2) is 0 Å². The van der Waals surface area contributed by atoms with Gasteiger partial charge in [0.2, 0.25) is 0 Å². The van der Waals surface area contributed by atoms with E-state index in [2.05, 4.69) is 20.8 Å². The van der Waals surface area contributed by atoms with E-state index >= 15 is 0 Å². The van der Waals surface area contributed by atoms with Crippen LogP contribution in [0.25, 0.3) is 0 Å². The lowest BCUT2D eigenvalue weighted by molar-refractivity contribution is 0.0320. The van der Waals surface area contributed by atoms with E-state index in [-0.39, 0.29) is 29.3 Å². The summed E-state index contributed by atoms with van der Waals surface area (Å²) < 4.78 is 0.956. The fraction of sp³-hybridized carbons (Fsp3) is 0.250. The van der Waals surface area contributed by atoms with Crippen molar-refractivity contribution in [2.75, 3.05) is 11.6 Å². The standard InChI is InChI=1S/C28H20BrNO3S/c29-18-11-9-16(10-12-18)23-22-14-34-15-30(22)28(25(32)20-7-3-4-8-21(20)26(28)33)27(23)13-17-5-1-2-6-19(17)24(27)31/h1-12,22-23H,13-15H2/t22-,23-,27-/m1/s1. The Labute approximate surface area is 209 Å². The van der Waals surface area contributed by atoms with Crippen LogP contribution in [-0.4, -0.2) is 45.5 Å². The number of halogens is 1. The number of rotatable bonds is 1. The summed E-state index contributed by atoms with van der Waals surface area (Å²) in [6.45, 7) is 0. The Bertz CT molecular complexity index is 1380. The Kier molecular flexibility index (Phi) is 4.28.